The van der Waals surface area contributed by atoms with Crippen molar-refractivity contribution >= 4 is 17.0 Å². The van der Waals surface area contributed by atoms with Crippen LogP contribution in [0.25, 0.3) is 11.2 Å². The van der Waals surface area contributed by atoms with Crippen LogP contribution in [0.3, 0.4) is 0 Å². The van der Waals surface area contributed by atoms with Gasteiger partial charge in [-0.05, 0) is 81.0 Å². The minimum Gasteiger partial charge on any atom is -0.287 e. The largest absolute Gasteiger partial charge is 0.330 e. The minimum atomic E-state index is -0.275. The van der Waals surface area contributed by atoms with Crippen molar-refractivity contribution in [1.82, 2.24) is 19.1 Å². The van der Waals surface area contributed by atoms with Crippen LogP contribution in [0.4, 0.5) is 5.82 Å². The maximum absolute atomic E-state index is 13.0. The van der Waals surface area contributed by atoms with E-state index in [0.29, 0.717) is 29.8 Å². The molecule has 0 saturated heterocycles. The van der Waals surface area contributed by atoms with Crippen LogP contribution >= 0.6 is 0 Å². The summed E-state index contributed by atoms with van der Waals surface area (Å²) in [6.45, 7) is 14.9. The van der Waals surface area contributed by atoms with Crippen molar-refractivity contribution < 1.29 is 4.84 Å². The molecule has 7 heteroatoms. The van der Waals surface area contributed by atoms with Crippen LogP contribution in [-0.2, 0) is 18.4 Å². The van der Waals surface area contributed by atoms with Gasteiger partial charge < -0.3 is 0 Å². The fraction of sp³-hybridized carbons (Fsp3) is 0.741. The summed E-state index contributed by atoms with van der Waals surface area (Å²) in [4.78, 5) is 28.0. The van der Waals surface area contributed by atoms with Crippen LogP contribution < -0.4 is 10.8 Å². The maximum Gasteiger partial charge on any atom is 0.330 e. The van der Waals surface area contributed by atoms with Gasteiger partial charge in [-0.2, -0.15) is 0 Å². The lowest BCUT2D eigenvalue weighted by atomic mass is 9.46. The first kappa shape index (κ1) is 23.6. The molecule has 2 aromatic rings. The number of imidazole rings is 1. The number of nitrogens with zero attached hydrogens (tertiary/aromatic N) is 5. The third-order valence-corrected chi connectivity index (χ3v) is 10.4. The number of rotatable bonds is 4. The molecule has 0 spiro atoms. The van der Waals surface area contributed by atoms with E-state index in [0.717, 1.165) is 24.8 Å². The molecule has 2 fully saturated rings. The van der Waals surface area contributed by atoms with Gasteiger partial charge in [-0.3, -0.25) is 14.0 Å². The summed E-state index contributed by atoms with van der Waals surface area (Å²) >= 11 is 0. The molecule has 2 aromatic heterocycles. The highest BCUT2D eigenvalue weighted by Crippen LogP contribution is 2.63. The number of anilines is 1. The molecular weight excluding hydrogens is 426 g/mol. The lowest BCUT2D eigenvalue weighted by Gasteiger charge is -2.59. The second-order valence-electron chi connectivity index (χ2n) is 12.0. The van der Waals surface area contributed by atoms with E-state index in [4.69, 9.17) is 4.84 Å². The third-order valence-electron chi connectivity index (χ3n) is 10.4. The second kappa shape index (κ2) is 7.94. The van der Waals surface area contributed by atoms with E-state index in [1.807, 2.05) is 9.63 Å². The zero-order valence-electron chi connectivity index (χ0n) is 21.9. The van der Waals surface area contributed by atoms with E-state index >= 15 is 0 Å². The quantitative estimate of drug-likeness (QED) is 0.576. The molecule has 0 radical (unpaired) electrons. The van der Waals surface area contributed by atoms with Crippen molar-refractivity contribution in [3.05, 3.63) is 29.0 Å². The molecule has 186 valence electrons. The molecule has 2 saturated carbocycles. The minimum absolute atomic E-state index is 0.0404. The Bertz CT molecular complexity index is 1180. The van der Waals surface area contributed by atoms with Gasteiger partial charge in [0.25, 0.3) is 0 Å². The van der Waals surface area contributed by atoms with Crippen LogP contribution in [0.5, 0.6) is 0 Å². The van der Waals surface area contributed by atoms with Gasteiger partial charge in [0.05, 0.1) is 12.6 Å². The molecular formula is C27H41N5O2. The van der Waals surface area contributed by atoms with Gasteiger partial charge in [0.2, 0.25) is 0 Å². The molecule has 0 aromatic carbocycles. The summed E-state index contributed by atoms with van der Waals surface area (Å²) in [5.74, 6) is 2.04. The van der Waals surface area contributed by atoms with Crippen LogP contribution in [0.1, 0.15) is 79.1 Å². The van der Waals surface area contributed by atoms with Crippen LogP contribution in [0, 0.1) is 22.7 Å². The molecule has 0 amide bonds. The zero-order valence-corrected chi connectivity index (χ0v) is 21.9. The highest BCUT2D eigenvalue weighted by Gasteiger charge is 2.54. The fourth-order valence-corrected chi connectivity index (χ4v) is 7.74. The van der Waals surface area contributed by atoms with Gasteiger partial charge in [0, 0.05) is 13.6 Å². The molecule has 7 nitrogen and oxygen atoms in total. The molecule has 5 rings (SSSR count). The molecule has 2 aliphatic carbocycles. The van der Waals surface area contributed by atoms with Crippen molar-refractivity contribution in [3.63, 3.8) is 0 Å². The van der Waals surface area contributed by atoms with Gasteiger partial charge in [-0.25, -0.2) is 19.8 Å². The molecule has 5 atom stereocenters. The smallest absolute Gasteiger partial charge is 0.287 e. The Hall–Kier alpha value is -2.15. The number of hydrogen-bond donors (Lipinski definition) is 0. The Kier molecular flexibility index (Phi) is 5.51. The summed E-state index contributed by atoms with van der Waals surface area (Å²) in [5.41, 5.74) is 3.09. The molecule has 1 aliphatic heterocycles. The van der Waals surface area contributed by atoms with Gasteiger partial charge in [0.15, 0.2) is 11.5 Å². The van der Waals surface area contributed by atoms with Crippen molar-refractivity contribution in [1.29, 1.82) is 0 Å². The van der Waals surface area contributed by atoms with E-state index < -0.39 is 0 Å². The number of hydrogen-bond acceptors (Lipinski definition) is 5. The summed E-state index contributed by atoms with van der Waals surface area (Å²) in [6.07, 6.45) is 10.8. The highest BCUT2D eigenvalue weighted by atomic mass is 16.7. The normalized spacial score (nSPS) is 35.9. The van der Waals surface area contributed by atoms with E-state index in [1.54, 1.807) is 25.1 Å². The van der Waals surface area contributed by atoms with Crippen molar-refractivity contribution in [2.24, 2.45) is 29.7 Å². The highest BCUT2D eigenvalue weighted by molar-refractivity contribution is 5.84. The SMILES string of the molecule is C=C1CCCC2C1(C)CCC(C)C2(C)CCC1(C)CCn2c(=O)n(C)c3ncnc(c32)N1OC. The number of hydroxylamine groups is 1. The Morgan fingerprint density at radius 3 is 2.68 bits per heavy atom. The Morgan fingerprint density at radius 1 is 1.18 bits per heavy atom. The Labute approximate surface area is 203 Å². The number of fused-ring (bicyclic) bond motifs is 1. The first-order valence-corrected chi connectivity index (χ1v) is 13.0. The van der Waals surface area contributed by atoms with E-state index in [9.17, 15) is 4.79 Å². The predicted octanol–water partition coefficient (Wildman–Crippen LogP) is 5.24. The van der Waals surface area contributed by atoms with Crippen molar-refractivity contribution in [3.8, 4) is 0 Å². The monoisotopic (exact) mass is 467 g/mol. The first-order valence-electron chi connectivity index (χ1n) is 13.0. The third kappa shape index (κ3) is 3.15. The predicted molar refractivity (Wildman–Crippen MR) is 136 cm³/mol. The molecule has 3 heterocycles. The average Bonchev–Trinajstić information content (AvgIpc) is 2.98. The second-order valence-corrected chi connectivity index (χ2v) is 12.0. The van der Waals surface area contributed by atoms with Gasteiger partial charge in [-0.15, -0.1) is 0 Å². The number of aromatic nitrogens is 4. The average molecular weight is 468 g/mol. The first-order chi connectivity index (χ1) is 16.1. The summed E-state index contributed by atoms with van der Waals surface area (Å²) in [5, 5.41) is 1.97. The van der Waals surface area contributed by atoms with Crippen LogP contribution in [0.2, 0.25) is 0 Å². The van der Waals surface area contributed by atoms with Crippen molar-refractivity contribution in [2.45, 2.75) is 91.1 Å². The van der Waals surface area contributed by atoms with E-state index in [1.165, 1.54) is 37.7 Å². The molecule has 0 bridgehead atoms. The van der Waals surface area contributed by atoms with Crippen molar-refractivity contribution in [2.75, 3.05) is 12.2 Å². The Morgan fingerprint density at radius 2 is 1.94 bits per heavy atom. The number of aryl methyl sites for hydroxylation is 2. The molecule has 34 heavy (non-hydrogen) atoms. The Balaban J connectivity index is 1.50. The van der Waals surface area contributed by atoms with E-state index in [2.05, 4.69) is 44.2 Å². The number of allylic oxidation sites excluding steroid dienone is 1. The lowest BCUT2D eigenvalue weighted by molar-refractivity contribution is -0.0613. The van der Waals surface area contributed by atoms with Crippen LogP contribution in [-0.4, -0.2) is 31.8 Å². The lowest BCUT2D eigenvalue weighted by Crippen LogP contribution is -2.52. The van der Waals surface area contributed by atoms with Gasteiger partial charge >= 0.3 is 5.69 Å². The van der Waals surface area contributed by atoms with Crippen LogP contribution in [0.15, 0.2) is 23.3 Å². The standard InChI is InChI=1S/C27H41N5O2/c1-18-9-8-10-20-26(18,4)12-11-19(2)27(20,5)14-13-25(3)15-16-31-21-22(30(6)24(31)33)28-17-29-23(21)32(25)34-7/h17,19-20H,1,8-16H2,2-7H3. The molecule has 3 aliphatic rings. The fourth-order valence-electron chi connectivity index (χ4n) is 7.74. The van der Waals surface area contributed by atoms with E-state index in [-0.39, 0.29) is 22.1 Å². The molecule has 5 unspecified atom stereocenters. The summed E-state index contributed by atoms with van der Waals surface area (Å²) in [7, 11) is 3.49. The summed E-state index contributed by atoms with van der Waals surface area (Å²) in [6, 6.07) is 0. The summed E-state index contributed by atoms with van der Waals surface area (Å²) < 4.78 is 3.44. The molecule has 0 N–H and O–H groups in total. The van der Waals surface area contributed by atoms with Gasteiger partial charge in [0.1, 0.15) is 11.8 Å². The zero-order chi connectivity index (χ0) is 24.5. The topological polar surface area (TPSA) is 65.2 Å². The maximum atomic E-state index is 13.0. The van der Waals surface area contributed by atoms with Gasteiger partial charge in [-0.1, -0.05) is 32.9 Å².